The fourth-order valence-electron chi connectivity index (χ4n) is 3.86. The molecule has 0 fully saturated rings. The second kappa shape index (κ2) is 12.4. The first-order valence-corrected chi connectivity index (χ1v) is 11.2. The molecule has 0 amide bonds. The predicted molar refractivity (Wildman–Crippen MR) is 130 cm³/mol. The topological polar surface area (TPSA) is 27.1 Å². The van der Waals surface area contributed by atoms with E-state index in [-0.39, 0.29) is 6.10 Å². The number of benzene rings is 2. The van der Waals surface area contributed by atoms with Crippen LogP contribution in [0.5, 0.6) is 0 Å². The Hall–Kier alpha value is -2.33. The van der Waals surface area contributed by atoms with Crippen molar-refractivity contribution in [3.05, 3.63) is 78.9 Å². The van der Waals surface area contributed by atoms with Crippen LogP contribution in [0.4, 0.5) is 0 Å². The number of rotatable bonds is 8. The summed E-state index contributed by atoms with van der Waals surface area (Å²) in [6, 6.07) is 21.5. The number of ether oxygens (including phenoxy) is 1. The van der Waals surface area contributed by atoms with Gasteiger partial charge in [0.05, 0.1) is 12.4 Å². The zero-order valence-corrected chi connectivity index (χ0v) is 19.5. The van der Waals surface area contributed by atoms with Gasteiger partial charge in [-0.1, -0.05) is 105 Å². The molecule has 0 N–H and O–H groups in total. The summed E-state index contributed by atoms with van der Waals surface area (Å²) >= 11 is 0. The van der Waals surface area contributed by atoms with E-state index in [2.05, 4.69) is 105 Å². The number of hydrogen-bond acceptors (Lipinski definition) is 2. The SMILES string of the molecule is CC(C)B(c1ccccc1)c1ccccc1.CCOC(C)Cn1cncc1C(C)C. The minimum Gasteiger partial charge on any atom is -0.377 e. The van der Waals surface area contributed by atoms with Crippen molar-refractivity contribution in [3.8, 4) is 0 Å². The maximum atomic E-state index is 5.50. The fraction of sp³-hybridized carbons (Fsp3) is 0.423. The molecular weight excluding hydrogens is 367 g/mol. The van der Waals surface area contributed by atoms with Gasteiger partial charge in [-0.15, -0.1) is 0 Å². The molecule has 0 aliphatic rings. The summed E-state index contributed by atoms with van der Waals surface area (Å²) in [7, 11) is 0. The van der Waals surface area contributed by atoms with E-state index in [0.717, 1.165) is 13.2 Å². The predicted octanol–water partition coefficient (Wildman–Crippen LogP) is 5.14. The van der Waals surface area contributed by atoms with Gasteiger partial charge in [0.25, 0.3) is 0 Å². The summed E-state index contributed by atoms with van der Waals surface area (Å²) in [5.74, 6) is 1.14. The largest absolute Gasteiger partial charge is 0.377 e. The Labute approximate surface area is 183 Å². The summed E-state index contributed by atoms with van der Waals surface area (Å²) in [4.78, 5) is 4.16. The average molecular weight is 404 g/mol. The van der Waals surface area contributed by atoms with Crippen LogP contribution in [-0.4, -0.2) is 29.0 Å². The Kier molecular flexibility index (Phi) is 9.89. The Balaban J connectivity index is 0.000000216. The maximum absolute atomic E-state index is 5.50. The van der Waals surface area contributed by atoms with Gasteiger partial charge in [0.1, 0.15) is 0 Å². The van der Waals surface area contributed by atoms with Crippen molar-refractivity contribution in [1.29, 1.82) is 0 Å². The molecule has 0 saturated heterocycles. The van der Waals surface area contributed by atoms with Gasteiger partial charge in [0, 0.05) is 25.0 Å². The molecule has 30 heavy (non-hydrogen) atoms. The highest BCUT2D eigenvalue weighted by molar-refractivity contribution is 6.86. The second-order valence-electron chi connectivity index (χ2n) is 8.43. The van der Waals surface area contributed by atoms with Gasteiger partial charge in [-0.3, -0.25) is 0 Å². The molecule has 3 nitrogen and oxygen atoms in total. The first kappa shape index (κ1) is 23.9. The lowest BCUT2D eigenvalue weighted by molar-refractivity contribution is 0.0633. The molecule has 0 radical (unpaired) electrons. The maximum Gasteiger partial charge on any atom is 0.211 e. The third-order valence-corrected chi connectivity index (χ3v) is 5.23. The lowest BCUT2D eigenvalue weighted by Gasteiger charge is -2.18. The molecule has 4 heteroatoms. The Morgan fingerprint density at radius 3 is 1.83 bits per heavy atom. The minimum absolute atomic E-state index is 0.256. The average Bonchev–Trinajstić information content (AvgIpc) is 3.18. The van der Waals surface area contributed by atoms with Gasteiger partial charge in [0.15, 0.2) is 0 Å². The molecule has 1 atom stereocenters. The van der Waals surface area contributed by atoms with E-state index in [1.807, 2.05) is 19.4 Å². The van der Waals surface area contributed by atoms with Crippen molar-refractivity contribution < 1.29 is 4.74 Å². The molecule has 3 aromatic rings. The Bertz CT molecular complexity index is 791. The van der Waals surface area contributed by atoms with Crippen molar-refractivity contribution in [1.82, 2.24) is 9.55 Å². The van der Waals surface area contributed by atoms with Crippen molar-refractivity contribution >= 4 is 17.6 Å². The fourth-order valence-corrected chi connectivity index (χ4v) is 3.86. The van der Waals surface area contributed by atoms with E-state index in [9.17, 15) is 0 Å². The molecular formula is C26H37BN2O. The van der Waals surface area contributed by atoms with Gasteiger partial charge < -0.3 is 9.30 Å². The molecule has 1 heterocycles. The van der Waals surface area contributed by atoms with Crippen LogP contribution in [0.2, 0.25) is 5.82 Å². The zero-order chi connectivity index (χ0) is 21.9. The molecule has 1 aromatic heterocycles. The van der Waals surface area contributed by atoms with Gasteiger partial charge >= 0.3 is 0 Å². The highest BCUT2D eigenvalue weighted by Gasteiger charge is 2.21. The van der Waals surface area contributed by atoms with Crippen molar-refractivity contribution in [2.75, 3.05) is 6.61 Å². The van der Waals surface area contributed by atoms with Crippen LogP contribution in [0.25, 0.3) is 0 Å². The van der Waals surface area contributed by atoms with Gasteiger partial charge in [-0.2, -0.15) is 0 Å². The molecule has 0 bridgehead atoms. The lowest BCUT2D eigenvalue weighted by Crippen LogP contribution is -2.44. The van der Waals surface area contributed by atoms with E-state index in [4.69, 9.17) is 4.74 Å². The summed E-state index contributed by atoms with van der Waals surface area (Å²) in [5, 5.41) is 0. The number of aromatic nitrogens is 2. The van der Waals surface area contributed by atoms with Gasteiger partial charge in [-0.05, 0) is 19.8 Å². The molecule has 0 aliphatic heterocycles. The molecule has 160 valence electrons. The van der Waals surface area contributed by atoms with E-state index in [1.54, 1.807) is 0 Å². The van der Waals surface area contributed by atoms with Crippen LogP contribution in [0, 0.1) is 0 Å². The molecule has 3 rings (SSSR count). The number of nitrogens with zero attached hydrogens (tertiary/aromatic N) is 2. The second-order valence-corrected chi connectivity index (χ2v) is 8.43. The standard InChI is InChI=1S/C15H17B.C11H20N2O/c1-13(2)16(14-9-5-3-6-10-14)15-11-7-4-8-12-15;1-5-14-10(4)7-13-8-12-6-11(13)9(2)3/h3-13H,1-2H3;6,8-10H,5,7H2,1-4H3. The lowest BCUT2D eigenvalue weighted by atomic mass is 9.34. The molecule has 0 saturated carbocycles. The smallest absolute Gasteiger partial charge is 0.211 e. The highest BCUT2D eigenvalue weighted by atomic mass is 16.5. The number of imidazole rings is 1. The first-order valence-electron chi connectivity index (χ1n) is 11.2. The normalized spacial score (nSPS) is 11.9. The monoisotopic (exact) mass is 404 g/mol. The number of hydrogen-bond donors (Lipinski definition) is 0. The van der Waals surface area contributed by atoms with Gasteiger partial charge in [0.2, 0.25) is 6.71 Å². The first-order chi connectivity index (χ1) is 14.4. The van der Waals surface area contributed by atoms with E-state index in [1.165, 1.54) is 16.6 Å². The molecule has 0 spiro atoms. The third kappa shape index (κ3) is 7.18. The van der Waals surface area contributed by atoms with E-state index >= 15 is 0 Å². The summed E-state index contributed by atoms with van der Waals surface area (Å²) in [6.45, 7) is 15.2. The Morgan fingerprint density at radius 1 is 0.867 bits per heavy atom. The summed E-state index contributed by atoms with van der Waals surface area (Å²) in [5.41, 5.74) is 4.09. The van der Waals surface area contributed by atoms with Crippen LogP contribution in [0.15, 0.2) is 73.2 Å². The van der Waals surface area contributed by atoms with Crippen molar-refractivity contribution in [2.24, 2.45) is 0 Å². The van der Waals surface area contributed by atoms with E-state index < -0.39 is 0 Å². The quantitative estimate of drug-likeness (QED) is 0.487. The molecule has 0 aliphatic carbocycles. The zero-order valence-electron chi connectivity index (χ0n) is 19.5. The van der Waals surface area contributed by atoms with Crippen molar-refractivity contribution in [2.45, 2.75) is 65.9 Å². The highest BCUT2D eigenvalue weighted by Crippen LogP contribution is 2.14. The summed E-state index contributed by atoms with van der Waals surface area (Å²) in [6.07, 6.45) is 4.07. The minimum atomic E-state index is 0.256. The van der Waals surface area contributed by atoms with Crippen molar-refractivity contribution in [3.63, 3.8) is 0 Å². The Morgan fingerprint density at radius 2 is 1.40 bits per heavy atom. The molecule has 2 aromatic carbocycles. The van der Waals surface area contributed by atoms with Crippen LogP contribution in [-0.2, 0) is 11.3 Å². The van der Waals surface area contributed by atoms with E-state index in [0.29, 0.717) is 18.4 Å². The van der Waals surface area contributed by atoms with Gasteiger partial charge in [-0.25, -0.2) is 4.98 Å². The van der Waals surface area contributed by atoms with Crippen LogP contribution in [0.1, 0.15) is 53.2 Å². The van der Waals surface area contributed by atoms with Crippen LogP contribution in [0.3, 0.4) is 0 Å². The summed E-state index contributed by atoms with van der Waals surface area (Å²) < 4.78 is 7.67. The molecule has 1 unspecified atom stereocenters. The third-order valence-electron chi connectivity index (χ3n) is 5.23. The van der Waals surface area contributed by atoms with Crippen LogP contribution >= 0.6 is 0 Å². The van der Waals surface area contributed by atoms with Crippen LogP contribution < -0.4 is 10.9 Å².